The van der Waals surface area contributed by atoms with Gasteiger partial charge in [-0.2, -0.15) is 0 Å². The molecule has 1 unspecified atom stereocenters. The molecule has 1 aliphatic rings. The molecule has 4 rings (SSSR count). The Hall–Kier alpha value is -2.89. The number of aliphatic hydroxyl groups excluding tert-OH is 1. The number of carbonyl (C=O) groups excluding carboxylic acids is 1. The first-order chi connectivity index (χ1) is 14.7. The SMILES string of the molecule is O=C(NC1CCN(CC(O)COc2cccc3ccccc23)CC1)c1ccccc1. The number of likely N-dealkylation sites (tertiary alicyclic amines) is 1. The Balaban J connectivity index is 1.21. The van der Waals surface area contributed by atoms with Crippen molar-refractivity contribution in [2.24, 2.45) is 0 Å². The maximum absolute atomic E-state index is 12.3. The van der Waals surface area contributed by atoms with E-state index in [1.807, 2.05) is 60.7 Å². The van der Waals surface area contributed by atoms with Crippen LogP contribution in [0, 0.1) is 0 Å². The van der Waals surface area contributed by atoms with Gasteiger partial charge in [-0.05, 0) is 36.4 Å². The Kier molecular flexibility index (Phi) is 6.62. The van der Waals surface area contributed by atoms with Gasteiger partial charge in [-0.15, -0.1) is 0 Å². The van der Waals surface area contributed by atoms with Crippen LogP contribution in [0.1, 0.15) is 23.2 Å². The summed E-state index contributed by atoms with van der Waals surface area (Å²) in [5.41, 5.74) is 0.695. The highest BCUT2D eigenvalue weighted by Crippen LogP contribution is 2.25. The van der Waals surface area contributed by atoms with Crippen molar-refractivity contribution in [1.29, 1.82) is 0 Å². The molecule has 156 valence electrons. The van der Waals surface area contributed by atoms with Crippen LogP contribution < -0.4 is 10.1 Å². The lowest BCUT2D eigenvalue weighted by atomic mass is 10.0. The van der Waals surface area contributed by atoms with Crippen LogP contribution in [-0.2, 0) is 0 Å². The Bertz CT molecular complexity index is 963. The smallest absolute Gasteiger partial charge is 0.251 e. The normalized spacial score (nSPS) is 16.3. The van der Waals surface area contributed by atoms with E-state index < -0.39 is 6.10 Å². The summed E-state index contributed by atoms with van der Waals surface area (Å²) in [6.07, 6.45) is 1.21. The molecule has 0 aliphatic carbocycles. The number of hydrogen-bond donors (Lipinski definition) is 2. The van der Waals surface area contributed by atoms with Gasteiger partial charge in [0.2, 0.25) is 0 Å². The second kappa shape index (κ2) is 9.74. The van der Waals surface area contributed by atoms with Crippen molar-refractivity contribution in [1.82, 2.24) is 10.2 Å². The summed E-state index contributed by atoms with van der Waals surface area (Å²) in [6, 6.07) is 23.5. The summed E-state index contributed by atoms with van der Waals surface area (Å²) in [5, 5.41) is 15.8. The van der Waals surface area contributed by atoms with E-state index in [1.165, 1.54) is 0 Å². The minimum absolute atomic E-state index is 0.0161. The number of nitrogens with one attached hydrogen (secondary N) is 1. The van der Waals surface area contributed by atoms with E-state index in [0.29, 0.717) is 12.1 Å². The zero-order valence-electron chi connectivity index (χ0n) is 17.0. The maximum Gasteiger partial charge on any atom is 0.251 e. The van der Waals surface area contributed by atoms with Crippen LogP contribution in [0.25, 0.3) is 10.8 Å². The molecule has 0 spiro atoms. The zero-order chi connectivity index (χ0) is 20.8. The molecule has 2 N–H and O–H groups in total. The molecule has 30 heavy (non-hydrogen) atoms. The Morgan fingerprint density at radius 2 is 1.70 bits per heavy atom. The first kappa shape index (κ1) is 20.4. The molecule has 0 saturated carbocycles. The van der Waals surface area contributed by atoms with Crippen molar-refractivity contribution in [3.05, 3.63) is 78.4 Å². The van der Waals surface area contributed by atoms with Crippen LogP contribution in [0.2, 0.25) is 0 Å². The third-order valence-corrected chi connectivity index (χ3v) is 5.61. The van der Waals surface area contributed by atoms with Gasteiger partial charge in [0, 0.05) is 36.6 Å². The molecule has 1 amide bonds. The van der Waals surface area contributed by atoms with Gasteiger partial charge in [-0.3, -0.25) is 4.79 Å². The van der Waals surface area contributed by atoms with Crippen LogP contribution >= 0.6 is 0 Å². The van der Waals surface area contributed by atoms with E-state index in [0.717, 1.165) is 42.5 Å². The predicted molar refractivity (Wildman–Crippen MR) is 119 cm³/mol. The number of rotatable bonds is 7. The van der Waals surface area contributed by atoms with E-state index in [2.05, 4.69) is 22.3 Å². The molecule has 5 nitrogen and oxygen atoms in total. The monoisotopic (exact) mass is 404 g/mol. The van der Waals surface area contributed by atoms with Crippen LogP contribution in [0.3, 0.4) is 0 Å². The molecule has 3 aromatic carbocycles. The van der Waals surface area contributed by atoms with Gasteiger partial charge in [-0.1, -0.05) is 54.6 Å². The summed E-state index contributed by atoms with van der Waals surface area (Å²) < 4.78 is 5.91. The van der Waals surface area contributed by atoms with Crippen LogP contribution in [-0.4, -0.2) is 54.3 Å². The highest BCUT2D eigenvalue weighted by Gasteiger charge is 2.22. The molecular formula is C25H28N2O3. The maximum atomic E-state index is 12.3. The summed E-state index contributed by atoms with van der Waals surface area (Å²) in [7, 11) is 0. The first-order valence-corrected chi connectivity index (χ1v) is 10.6. The van der Waals surface area contributed by atoms with Crippen molar-refractivity contribution in [3.8, 4) is 5.75 Å². The highest BCUT2D eigenvalue weighted by atomic mass is 16.5. The molecule has 0 bridgehead atoms. The lowest BCUT2D eigenvalue weighted by molar-refractivity contribution is 0.0572. The van der Waals surface area contributed by atoms with Crippen molar-refractivity contribution < 1.29 is 14.6 Å². The summed E-state index contributed by atoms with van der Waals surface area (Å²) in [5.74, 6) is 0.784. The number of benzene rings is 3. The van der Waals surface area contributed by atoms with Gasteiger partial charge in [0.05, 0.1) is 0 Å². The number of amides is 1. The van der Waals surface area contributed by atoms with Crippen molar-refractivity contribution >= 4 is 16.7 Å². The van der Waals surface area contributed by atoms with Crippen LogP contribution in [0.15, 0.2) is 72.8 Å². The number of hydrogen-bond acceptors (Lipinski definition) is 4. The van der Waals surface area contributed by atoms with E-state index >= 15 is 0 Å². The minimum Gasteiger partial charge on any atom is -0.490 e. The molecule has 3 aromatic rings. The Labute approximate surface area is 177 Å². The third kappa shape index (κ3) is 5.17. The summed E-state index contributed by atoms with van der Waals surface area (Å²) in [4.78, 5) is 14.5. The highest BCUT2D eigenvalue weighted by molar-refractivity contribution is 5.94. The number of ether oxygens (including phenoxy) is 1. The van der Waals surface area contributed by atoms with Crippen LogP contribution in [0.5, 0.6) is 5.75 Å². The second-order valence-corrected chi connectivity index (χ2v) is 7.86. The quantitative estimate of drug-likeness (QED) is 0.633. The molecule has 0 radical (unpaired) electrons. The molecular weight excluding hydrogens is 376 g/mol. The van der Waals surface area contributed by atoms with Gasteiger partial charge < -0.3 is 20.1 Å². The fourth-order valence-corrected chi connectivity index (χ4v) is 3.98. The predicted octanol–water partition coefficient (Wildman–Crippen LogP) is 3.47. The number of fused-ring (bicyclic) bond motifs is 1. The van der Waals surface area contributed by atoms with Crippen molar-refractivity contribution in [2.75, 3.05) is 26.2 Å². The van der Waals surface area contributed by atoms with Crippen molar-refractivity contribution in [3.63, 3.8) is 0 Å². The van der Waals surface area contributed by atoms with E-state index in [4.69, 9.17) is 4.74 Å². The second-order valence-electron chi connectivity index (χ2n) is 7.86. The zero-order valence-corrected chi connectivity index (χ0v) is 17.0. The number of β-amino-alcohol motifs (C(OH)–C–C–N with tert-alkyl or cyclic N) is 1. The Morgan fingerprint density at radius 3 is 2.50 bits per heavy atom. The third-order valence-electron chi connectivity index (χ3n) is 5.61. The lowest BCUT2D eigenvalue weighted by Gasteiger charge is -2.33. The molecule has 1 fully saturated rings. The van der Waals surface area contributed by atoms with Gasteiger partial charge in [-0.25, -0.2) is 0 Å². The fourth-order valence-electron chi connectivity index (χ4n) is 3.98. The van der Waals surface area contributed by atoms with Gasteiger partial charge in [0.25, 0.3) is 5.91 Å². The average molecular weight is 405 g/mol. The van der Waals surface area contributed by atoms with Gasteiger partial charge in [0.1, 0.15) is 18.5 Å². The fraction of sp³-hybridized carbons (Fsp3) is 0.320. The van der Waals surface area contributed by atoms with E-state index in [-0.39, 0.29) is 18.6 Å². The molecule has 0 aromatic heterocycles. The molecule has 1 atom stereocenters. The number of nitrogens with zero attached hydrogens (tertiary/aromatic N) is 1. The summed E-state index contributed by atoms with van der Waals surface area (Å²) in [6.45, 7) is 2.54. The lowest BCUT2D eigenvalue weighted by Crippen LogP contribution is -2.47. The van der Waals surface area contributed by atoms with Gasteiger partial charge >= 0.3 is 0 Å². The van der Waals surface area contributed by atoms with E-state index in [1.54, 1.807) is 0 Å². The number of piperidine rings is 1. The molecule has 1 heterocycles. The van der Waals surface area contributed by atoms with Gasteiger partial charge in [0.15, 0.2) is 0 Å². The minimum atomic E-state index is -0.556. The number of aliphatic hydroxyl groups is 1. The molecule has 1 aliphatic heterocycles. The standard InChI is InChI=1S/C25H28N2O3/c28-22(18-30-24-12-6-10-19-7-4-5-11-23(19)24)17-27-15-13-21(14-16-27)26-25(29)20-8-2-1-3-9-20/h1-12,21-22,28H,13-18H2,(H,26,29). The topological polar surface area (TPSA) is 61.8 Å². The molecule has 1 saturated heterocycles. The Morgan fingerprint density at radius 1 is 1.00 bits per heavy atom. The largest absolute Gasteiger partial charge is 0.490 e. The number of carbonyl (C=O) groups is 1. The van der Waals surface area contributed by atoms with Crippen molar-refractivity contribution in [2.45, 2.75) is 25.0 Å². The summed E-state index contributed by atoms with van der Waals surface area (Å²) >= 11 is 0. The van der Waals surface area contributed by atoms with Crippen LogP contribution in [0.4, 0.5) is 0 Å². The molecule has 5 heteroatoms. The first-order valence-electron chi connectivity index (χ1n) is 10.6. The van der Waals surface area contributed by atoms with E-state index in [9.17, 15) is 9.90 Å². The average Bonchev–Trinajstić information content (AvgIpc) is 2.79.